The number of H-pyrrole nitrogens is 1. The molecule has 2 N–H and O–H groups in total. The number of piperazine rings is 1. The van der Waals surface area contributed by atoms with Crippen molar-refractivity contribution in [1.29, 1.82) is 0 Å². The smallest absolute Gasteiger partial charge is 0.0458 e. The van der Waals surface area contributed by atoms with E-state index in [1.165, 1.54) is 16.5 Å². The Bertz CT molecular complexity index is 630. The van der Waals surface area contributed by atoms with Crippen LogP contribution in [0.4, 0.5) is 0 Å². The SMILES string of the molecule is CC(C)(C)[C@@H](c1c[nH]c2ccc(Br)cc12)N1CCNCC1.Cl.Cl. The number of rotatable bonds is 2. The van der Waals surface area contributed by atoms with E-state index in [-0.39, 0.29) is 30.2 Å². The highest BCUT2D eigenvalue weighted by Crippen LogP contribution is 2.41. The lowest BCUT2D eigenvalue weighted by Gasteiger charge is -2.42. The van der Waals surface area contributed by atoms with Crippen molar-refractivity contribution in [3.8, 4) is 0 Å². The molecule has 0 aliphatic carbocycles. The van der Waals surface area contributed by atoms with Gasteiger partial charge in [0.05, 0.1) is 0 Å². The zero-order valence-corrected chi connectivity index (χ0v) is 17.1. The summed E-state index contributed by atoms with van der Waals surface area (Å²) in [6, 6.07) is 6.92. The molecule has 1 aliphatic rings. The van der Waals surface area contributed by atoms with Crippen LogP contribution in [-0.2, 0) is 0 Å². The first-order valence-electron chi connectivity index (χ1n) is 7.68. The Morgan fingerprint density at radius 2 is 1.78 bits per heavy atom. The summed E-state index contributed by atoms with van der Waals surface area (Å²) in [5, 5.41) is 4.79. The van der Waals surface area contributed by atoms with Gasteiger partial charge in [-0.15, -0.1) is 24.8 Å². The van der Waals surface area contributed by atoms with Gasteiger partial charge in [-0.3, -0.25) is 4.90 Å². The molecule has 0 amide bonds. The molecule has 2 aromatic rings. The lowest BCUT2D eigenvalue weighted by atomic mass is 9.81. The van der Waals surface area contributed by atoms with Crippen LogP contribution >= 0.6 is 40.7 Å². The first-order chi connectivity index (χ1) is 9.97. The van der Waals surface area contributed by atoms with E-state index in [2.05, 4.69) is 76.3 Å². The number of aromatic amines is 1. The van der Waals surface area contributed by atoms with Crippen molar-refractivity contribution in [2.75, 3.05) is 26.2 Å². The molecule has 1 aromatic heterocycles. The summed E-state index contributed by atoms with van der Waals surface area (Å²) in [6.07, 6.45) is 2.20. The van der Waals surface area contributed by atoms with E-state index in [0.717, 1.165) is 30.7 Å². The van der Waals surface area contributed by atoms with Crippen molar-refractivity contribution >= 4 is 51.6 Å². The summed E-state index contributed by atoms with van der Waals surface area (Å²) in [6.45, 7) is 11.4. The van der Waals surface area contributed by atoms with Gasteiger partial charge in [-0.05, 0) is 29.2 Å². The Morgan fingerprint density at radius 1 is 1.13 bits per heavy atom. The van der Waals surface area contributed by atoms with E-state index in [1.807, 2.05) is 0 Å². The summed E-state index contributed by atoms with van der Waals surface area (Å²) >= 11 is 3.61. The van der Waals surface area contributed by atoms with Gasteiger partial charge in [0.1, 0.15) is 0 Å². The molecule has 2 heterocycles. The largest absolute Gasteiger partial charge is 0.361 e. The molecular formula is C17H26BrCl2N3. The number of aromatic nitrogens is 1. The van der Waals surface area contributed by atoms with Crippen LogP contribution in [0.2, 0.25) is 0 Å². The fraction of sp³-hybridized carbons (Fsp3) is 0.529. The van der Waals surface area contributed by atoms with Gasteiger partial charge in [-0.2, -0.15) is 0 Å². The van der Waals surface area contributed by atoms with Crippen molar-refractivity contribution in [1.82, 2.24) is 15.2 Å². The first kappa shape index (κ1) is 20.8. The molecule has 0 bridgehead atoms. The monoisotopic (exact) mass is 421 g/mol. The normalized spacial score (nSPS) is 17.4. The number of fused-ring (bicyclic) bond motifs is 1. The minimum atomic E-state index is 0. The second-order valence-corrected chi connectivity index (χ2v) is 7.90. The molecule has 1 fully saturated rings. The molecule has 0 spiro atoms. The van der Waals surface area contributed by atoms with E-state index in [4.69, 9.17) is 0 Å². The van der Waals surface area contributed by atoms with E-state index in [9.17, 15) is 0 Å². The quantitative estimate of drug-likeness (QED) is 0.730. The number of hydrogen-bond donors (Lipinski definition) is 2. The van der Waals surface area contributed by atoms with E-state index in [0.29, 0.717) is 6.04 Å². The van der Waals surface area contributed by atoms with Gasteiger partial charge in [0.25, 0.3) is 0 Å². The standard InChI is InChI=1S/C17H24BrN3.2ClH/c1-17(2,3)16(21-8-6-19-7-9-21)14-11-20-15-5-4-12(18)10-13(14)15;;/h4-5,10-11,16,19-20H,6-9H2,1-3H3;2*1H/t16-;;/m1../s1. The summed E-state index contributed by atoms with van der Waals surface area (Å²) < 4.78 is 1.14. The van der Waals surface area contributed by atoms with Crippen LogP contribution in [-0.4, -0.2) is 36.1 Å². The average Bonchev–Trinajstić information content (AvgIpc) is 2.82. The highest BCUT2D eigenvalue weighted by Gasteiger charge is 2.34. The van der Waals surface area contributed by atoms with Gasteiger partial charge in [0.2, 0.25) is 0 Å². The van der Waals surface area contributed by atoms with Crippen molar-refractivity contribution in [3.63, 3.8) is 0 Å². The van der Waals surface area contributed by atoms with E-state index >= 15 is 0 Å². The third-order valence-corrected chi connectivity index (χ3v) is 4.80. The average molecular weight is 423 g/mol. The third kappa shape index (κ3) is 4.43. The fourth-order valence-corrected chi connectivity index (χ4v) is 3.85. The molecule has 1 atom stereocenters. The molecule has 0 unspecified atom stereocenters. The molecule has 1 saturated heterocycles. The molecule has 1 aliphatic heterocycles. The lowest BCUT2D eigenvalue weighted by Crippen LogP contribution is -2.48. The summed E-state index contributed by atoms with van der Waals surface area (Å²) in [5.74, 6) is 0. The molecule has 0 saturated carbocycles. The van der Waals surface area contributed by atoms with Crippen LogP contribution in [0, 0.1) is 5.41 Å². The van der Waals surface area contributed by atoms with Crippen LogP contribution in [0.15, 0.2) is 28.9 Å². The van der Waals surface area contributed by atoms with Crippen LogP contribution in [0.5, 0.6) is 0 Å². The Morgan fingerprint density at radius 3 is 2.39 bits per heavy atom. The minimum absolute atomic E-state index is 0. The predicted molar refractivity (Wildman–Crippen MR) is 107 cm³/mol. The Balaban J connectivity index is 0.00000132. The van der Waals surface area contributed by atoms with Gasteiger partial charge < -0.3 is 10.3 Å². The van der Waals surface area contributed by atoms with Gasteiger partial charge in [-0.1, -0.05) is 36.7 Å². The van der Waals surface area contributed by atoms with E-state index in [1.54, 1.807) is 0 Å². The van der Waals surface area contributed by atoms with Crippen molar-refractivity contribution in [2.24, 2.45) is 5.41 Å². The maximum absolute atomic E-state index is 3.61. The molecule has 130 valence electrons. The maximum Gasteiger partial charge on any atom is 0.0458 e. The van der Waals surface area contributed by atoms with Gasteiger partial charge in [0, 0.05) is 53.8 Å². The van der Waals surface area contributed by atoms with Crippen molar-refractivity contribution in [3.05, 3.63) is 34.4 Å². The predicted octanol–water partition coefficient (Wildman–Crippen LogP) is 4.77. The van der Waals surface area contributed by atoms with E-state index < -0.39 is 0 Å². The molecule has 3 rings (SSSR count). The number of nitrogens with zero attached hydrogens (tertiary/aromatic N) is 1. The minimum Gasteiger partial charge on any atom is -0.361 e. The first-order valence-corrected chi connectivity index (χ1v) is 8.47. The van der Waals surface area contributed by atoms with Crippen LogP contribution < -0.4 is 5.32 Å². The molecule has 23 heavy (non-hydrogen) atoms. The molecule has 0 radical (unpaired) electrons. The Hall–Kier alpha value is -0.260. The number of hydrogen-bond acceptors (Lipinski definition) is 2. The molecule has 6 heteroatoms. The van der Waals surface area contributed by atoms with Crippen LogP contribution in [0.1, 0.15) is 32.4 Å². The summed E-state index contributed by atoms with van der Waals surface area (Å²) in [4.78, 5) is 6.07. The van der Waals surface area contributed by atoms with Gasteiger partial charge in [-0.25, -0.2) is 0 Å². The summed E-state index contributed by atoms with van der Waals surface area (Å²) in [7, 11) is 0. The number of halogens is 3. The van der Waals surface area contributed by atoms with Crippen LogP contribution in [0.25, 0.3) is 10.9 Å². The van der Waals surface area contributed by atoms with Crippen molar-refractivity contribution in [2.45, 2.75) is 26.8 Å². The van der Waals surface area contributed by atoms with Gasteiger partial charge in [0.15, 0.2) is 0 Å². The van der Waals surface area contributed by atoms with Crippen molar-refractivity contribution < 1.29 is 0 Å². The zero-order chi connectivity index (χ0) is 15.0. The third-order valence-electron chi connectivity index (χ3n) is 4.31. The Kier molecular flexibility index (Phi) is 7.42. The fourth-order valence-electron chi connectivity index (χ4n) is 3.49. The Labute approximate surface area is 159 Å². The second kappa shape index (κ2) is 8.21. The lowest BCUT2D eigenvalue weighted by molar-refractivity contribution is 0.0872. The second-order valence-electron chi connectivity index (χ2n) is 6.99. The maximum atomic E-state index is 3.61. The molecule has 1 aromatic carbocycles. The summed E-state index contributed by atoms with van der Waals surface area (Å²) in [5.41, 5.74) is 2.84. The highest BCUT2D eigenvalue weighted by atomic mass is 79.9. The molecule has 3 nitrogen and oxygen atoms in total. The van der Waals surface area contributed by atoms with Gasteiger partial charge >= 0.3 is 0 Å². The zero-order valence-electron chi connectivity index (χ0n) is 13.9. The topological polar surface area (TPSA) is 31.1 Å². The molecular weight excluding hydrogens is 397 g/mol. The van der Waals surface area contributed by atoms with Crippen LogP contribution in [0.3, 0.4) is 0 Å². The highest BCUT2D eigenvalue weighted by molar-refractivity contribution is 9.10. The number of benzene rings is 1. The number of nitrogens with one attached hydrogen (secondary N) is 2.